The summed E-state index contributed by atoms with van der Waals surface area (Å²) in [5.41, 5.74) is 3.94. The first-order valence-electron chi connectivity index (χ1n) is 10.9. The average Bonchev–Trinajstić information content (AvgIpc) is 3.10. The maximum atomic E-state index is 13.3. The lowest BCUT2D eigenvalue weighted by Gasteiger charge is -2.50. The van der Waals surface area contributed by atoms with Gasteiger partial charge in [0, 0.05) is 11.5 Å². The Balaban J connectivity index is 1.43. The highest BCUT2D eigenvalue weighted by atomic mass is 16.4. The predicted octanol–water partition coefficient (Wildman–Crippen LogP) is 5.74. The van der Waals surface area contributed by atoms with Gasteiger partial charge in [-0.1, -0.05) is 43.3 Å². The summed E-state index contributed by atoms with van der Waals surface area (Å²) >= 11 is 0. The Morgan fingerprint density at radius 3 is 2.52 bits per heavy atom. The molecule has 1 N–H and O–H groups in total. The largest absolute Gasteiger partial charge is 0.478 e. The maximum Gasteiger partial charge on any atom is 0.335 e. The van der Waals surface area contributed by atoms with Gasteiger partial charge in [0.1, 0.15) is 0 Å². The smallest absolute Gasteiger partial charge is 0.335 e. The van der Waals surface area contributed by atoms with Crippen LogP contribution in [0, 0.1) is 23.2 Å². The summed E-state index contributed by atoms with van der Waals surface area (Å²) in [4.78, 5) is 24.7. The molecule has 0 aliphatic heterocycles. The van der Waals surface area contributed by atoms with Crippen molar-refractivity contribution >= 4 is 11.8 Å². The number of rotatable bonds is 3. The van der Waals surface area contributed by atoms with Crippen LogP contribution in [0.1, 0.15) is 76.8 Å². The van der Waals surface area contributed by atoms with Crippen LogP contribution >= 0.6 is 0 Å². The molecule has 3 nitrogen and oxygen atoms in total. The molecule has 150 valence electrons. The van der Waals surface area contributed by atoms with E-state index in [1.165, 1.54) is 11.1 Å². The number of carboxylic acid groups (broad SMARTS) is 1. The fourth-order valence-electron chi connectivity index (χ4n) is 6.95. The van der Waals surface area contributed by atoms with E-state index in [2.05, 4.69) is 13.0 Å². The summed E-state index contributed by atoms with van der Waals surface area (Å²) in [7, 11) is 0. The third kappa shape index (κ3) is 2.86. The number of benzene rings is 2. The Labute approximate surface area is 172 Å². The minimum Gasteiger partial charge on any atom is -0.478 e. The monoisotopic (exact) mass is 388 g/mol. The molecule has 3 aliphatic rings. The van der Waals surface area contributed by atoms with E-state index in [0.717, 1.165) is 44.1 Å². The van der Waals surface area contributed by atoms with Gasteiger partial charge >= 0.3 is 5.97 Å². The molecule has 2 aromatic carbocycles. The minimum absolute atomic E-state index is 0.0899. The number of ketones is 1. The van der Waals surface area contributed by atoms with Crippen molar-refractivity contribution in [1.82, 2.24) is 0 Å². The average molecular weight is 389 g/mol. The molecule has 3 heteroatoms. The van der Waals surface area contributed by atoms with Crippen molar-refractivity contribution in [2.75, 3.05) is 0 Å². The topological polar surface area (TPSA) is 54.4 Å². The highest BCUT2D eigenvalue weighted by molar-refractivity contribution is 5.98. The van der Waals surface area contributed by atoms with Gasteiger partial charge in [-0.2, -0.15) is 0 Å². The highest BCUT2D eigenvalue weighted by Crippen LogP contribution is 2.63. The Bertz CT molecular complexity index is 963. The van der Waals surface area contributed by atoms with Crippen LogP contribution in [-0.2, 0) is 6.42 Å². The van der Waals surface area contributed by atoms with Crippen molar-refractivity contribution in [2.24, 2.45) is 23.2 Å². The quantitative estimate of drug-likeness (QED) is 0.682. The van der Waals surface area contributed by atoms with Gasteiger partial charge in [0.2, 0.25) is 0 Å². The number of carbonyl (C=O) groups is 2. The van der Waals surface area contributed by atoms with Crippen LogP contribution in [0.2, 0.25) is 0 Å². The molecule has 0 saturated heterocycles. The molecular weight excluding hydrogens is 360 g/mol. The molecule has 0 heterocycles. The molecule has 5 atom stereocenters. The van der Waals surface area contributed by atoms with E-state index in [1.807, 2.05) is 36.4 Å². The molecule has 0 bridgehead atoms. The molecule has 0 spiro atoms. The van der Waals surface area contributed by atoms with Crippen LogP contribution in [0.3, 0.4) is 0 Å². The maximum absolute atomic E-state index is 13.3. The van der Waals surface area contributed by atoms with E-state index in [4.69, 9.17) is 0 Å². The van der Waals surface area contributed by atoms with Gasteiger partial charge < -0.3 is 5.11 Å². The van der Waals surface area contributed by atoms with E-state index in [9.17, 15) is 14.7 Å². The first-order chi connectivity index (χ1) is 14.0. The van der Waals surface area contributed by atoms with Gasteiger partial charge in [0.25, 0.3) is 0 Å². The molecule has 0 unspecified atom stereocenters. The summed E-state index contributed by atoms with van der Waals surface area (Å²) in [6.07, 6.45) is 6.42. The van der Waals surface area contributed by atoms with Gasteiger partial charge in [-0.3, -0.25) is 4.79 Å². The van der Waals surface area contributed by atoms with E-state index in [0.29, 0.717) is 29.1 Å². The number of Topliss-reactive ketones (excluding diaryl/α,β-unsaturated/α-hetero) is 1. The zero-order chi connectivity index (χ0) is 20.2. The lowest BCUT2D eigenvalue weighted by molar-refractivity contribution is 0.0276. The molecule has 2 fully saturated rings. The van der Waals surface area contributed by atoms with Crippen molar-refractivity contribution in [3.8, 4) is 0 Å². The summed E-state index contributed by atoms with van der Waals surface area (Å²) in [6, 6.07) is 15.5. The second kappa shape index (κ2) is 6.83. The minimum atomic E-state index is -0.843. The van der Waals surface area contributed by atoms with Crippen molar-refractivity contribution in [3.63, 3.8) is 0 Å². The van der Waals surface area contributed by atoms with Crippen LogP contribution in [0.25, 0.3) is 0 Å². The van der Waals surface area contributed by atoms with E-state index in [1.54, 1.807) is 6.07 Å². The second-order valence-corrected chi connectivity index (χ2v) is 9.54. The number of aromatic carboxylic acids is 1. The lowest BCUT2D eigenvalue weighted by atomic mass is 9.53. The summed E-state index contributed by atoms with van der Waals surface area (Å²) in [5, 5.41) is 9.32. The predicted molar refractivity (Wildman–Crippen MR) is 112 cm³/mol. The van der Waals surface area contributed by atoms with Gasteiger partial charge in [-0.25, -0.2) is 4.79 Å². The van der Waals surface area contributed by atoms with Crippen LogP contribution in [0.15, 0.2) is 48.5 Å². The van der Waals surface area contributed by atoms with Crippen molar-refractivity contribution < 1.29 is 14.7 Å². The number of carbonyl (C=O) groups excluding carboxylic acids is 1. The molecule has 3 aliphatic carbocycles. The molecule has 0 amide bonds. The fraction of sp³-hybridized carbons (Fsp3) is 0.462. The Morgan fingerprint density at radius 1 is 0.966 bits per heavy atom. The highest BCUT2D eigenvalue weighted by Gasteiger charge is 2.56. The van der Waals surface area contributed by atoms with Crippen LogP contribution in [-0.4, -0.2) is 16.9 Å². The van der Waals surface area contributed by atoms with E-state index in [-0.39, 0.29) is 11.3 Å². The molecule has 0 radical (unpaired) electrons. The normalized spacial score (nSPS) is 32.7. The van der Waals surface area contributed by atoms with E-state index >= 15 is 0 Å². The summed E-state index contributed by atoms with van der Waals surface area (Å²) in [6.45, 7) is 2.37. The van der Waals surface area contributed by atoms with Crippen LogP contribution in [0.4, 0.5) is 0 Å². The third-order valence-corrected chi connectivity index (χ3v) is 8.35. The van der Waals surface area contributed by atoms with Crippen molar-refractivity contribution in [3.05, 3.63) is 70.8 Å². The number of aryl methyl sites for hydroxylation is 1. The van der Waals surface area contributed by atoms with Gasteiger partial charge in [-0.05, 0) is 85.0 Å². The standard InChI is InChI=1S/C26H28O3/c1-26-14-13-20-19-9-8-18(25(28)29)15-17(19)7-10-21(20)22(26)11-12-23(26)24(27)16-5-3-2-4-6-16/h2-6,8-9,15,20-23H,7,10-14H2,1H3,(H,28,29)/t20-,21-,22+,23-,26+/m1/s1. The first kappa shape index (κ1) is 18.6. The van der Waals surface area contributed by atoms with Crippen LogP contribution < -0.4 is 0 Å². The number of hydrogen-bond donors (Lipinski definition) is 1. The number of fused-ring (bicyclic) bond motifs is 5. The molecule has 0 aromatic heterocycles. The van der Waals surface area contributed by atoms with Gasteiger partial charge in [-0.15, -0.1) is 0 Å². The van der Waals surface area contributed by atoms with Crippen molar-refractivity contribution in [1.29, 1.82) is 0 Å². The fourth-order valence-corrected chi connectivity index (χ4v) is 6.95. The van der Waals surface area contributed by atoms with Crippen LogP contribution in [0.5, 0.6) is 0 Å². The molecule has 2 aromatic rings. The summed E-state index contributed by atoms with van der Waals surface area (Å²) in [5.74, 6) is 1.34. The molecule has 5 rings (SSSR count). The Morgan fingerprint density at radius 2 is 1.76 bits per heavy atom. The second-order valence-electron chi connectivity index (χ2n) is 9.54. The molecule has 29 heavy (non-hydrogen) atoms. The number of hydrogen-bond acceptors (Lipinski definition) is 2. The van der Waals surface area contributed by atoms with Gasteiger partial charge in [0.15, 0.2) is 5.78 Å². The van der Waals surface area contributed by atoms with E-state index < -0.39 is 5.97 Å². The van der Waals surface area contributed by atoms with Gasteiger partial charge in [0.05, 0.1) is 5.56 Å². The zero-order valence-electron chi connectivity index (χ0n) is 16.9. The zero-order valence-corrected chi connectivity index (χ0v) is 16.9. The third-order valence-electron chi connectivity index (χ3n) is 8.35. The number of carboxylic acids is 1. The van der Waals surface area contributed by atoms with Crippen molar-refractivity contribution in [2.45, 2.75) is 51.4 Å². The summed E-state index contributed by atoms with van der Waals surface area (Å²) < 4.78 is 0. The SMILES string of the molecule is C[C@]12CC[C@@H]3c4ccc(C(=O)O)cc4CC[C@H]3[C@@H]1CC[C@@H]2C(=O)c1ccccc1. The Kier molecular flexibility index (Phi) is 4.38. The lowest BCUT2D eigenvalue weighted by Crippen LogP contribution is -2.44. The first-order valence-corrected chi connectivity index (χ1v) is 10.9. The Hall–Kier alpha value is -2.42. The molecular formula is C26H28O3. The molecule has 2 saturated carbocycles.